The highest BCUT2D eigenvalue weighted by atomic mass is 16.6. The zero-order chi connectivity index (χ0) is 15.3. The molecule has 0 bridgehead atoms. The highest BCUT2D eigenvalue weighted by Gasteiger charge is 2.31. The first-order valence-electron chi connectivity index (χ1n) is 6.26. The third-order valence-corrected chi connectivity index (χ3v) is 3.01. The van der Waals surface area contributed by atoms with Gasteiger partial charge in [0.25, 0.3) is 5.69 Å². The van der Waals surface area contributed by atoms with Gasteiger partial charge in [-0.3, -0.25) is 10.1 Å². The molecule has 20 heavy (non-hydrogen) atoms. The van der Waals surface area contributed by atoms with Gasteiger partial charge in [-0.15, -0.1) is 0 Å². The molecule has 0 radical (unpaired) electrons. The second-order valence-corrected chi connectivity index (χ2v) is 4.52. The minimum atomic E-state index is -1.20. The highest BCUT2D eigenvalue weighted by Crippen LogP contribution is 2.28. The van der Waals surface area contributed by atoms with Crippen molar-refractivity contribution in [3.8, 4) is 5.75 Å². The molecule has 1 rings (SSSR count). The van der Waals surface area contributed by atoms with E-state index < -0.39 is 16.4 Å². The van der Waals surface area contributed by atoms with Gasteiger partial charge in [0, 0.05) is 17.8 Å². The standard InChI is InChI=1S/C13H18N2O5/c1-4-13(3,12(16)17)14-9-6-10(15(18)19)8-11(7-9)20-5-2/h6-8,14H,4-5H2,1-3H3,(H,16,17). The van der Waals surface area contributed by atoms with Crippen molar-refractivity contribution in [2.24, 2.45) is 0 Å². The first-order chi connectivity index (χ1) is 9.32. The Morgan fingerprint density at radius 3 is 2.55 bits per heavy atom. The van der Waals surface area contributed by atoms with Crippen LogP contribution >= 0.6 is 0 Å². The minimum Gasteiger partial charge on any atom is -0.494 e. The topological polar surface area (TPSA) is 102 Å². The minimum absolute atomic E-state index is 0.151. The quantitative estimate of drug-likeness (QED) is 0.589. The van der Waals surface area contributed by atoms with E-state index in [0.29, 0.717) is 24.5 Å². The van der Waals surface area contributed by atoms with Crippen molar-refractivity contribution in [3.63, 3.8) is 0 Å². The first kappa shape index (κ1) is 15.7. The SMILES string of the molecule is CCOc1cc(NC(C)(CC)C(=O)O)cc([N+](=O)[O-])c1. The third-order valence-electron chi connectivity index (χ3n) is 3.01. The Labute approximate surface area is 116 Å². The summed E-state index contributed by atoms with van der Waals surface area (Å²) in [6, 6.07) is 4.14. The lowest BCUT2D eigenvalue weighted by Gasteiger charge is -2.26. The van der Waals surface area contributed by atoms with Gasteiger partial charge in [-0.1, -0.05) is 6.92 Å². The summed E-state index contributed by atoms with van der Waals surface area (Å²) in [7, 11) is 0. The Morgan fingerprint density at radius 2 is 2.10 bits per heavy atom. The van der Waals surface area contributed by atoms with Crippen LogP contribution in [0.3, 0.4) is 0 Å². The van der Waals surface area contributed by atoms with Gasteiger partial charge < -0.3 is 15.2 Å². The summed E-state index contributed by atoms with van der Waals surface area (Å²) in [4.78, 5) is 21.6. The number of aliphatic carboxylic acids is 1. The molecule has 1 aromatic carbocycles. The van der Waals surface area contributed by atoms with Gasteiger partial charge in [-0.2, -0.15) is 0 Å². The zero-order valence-electron chi connectivity index (χ0n) is 11.7. The molecule has 7 heteroatoms. The van der Waals surface area contributed by atoms with Gasteiger partial charge in [0.15, 0.2) is 0 Å². The number of nitro benzene ring substituents is 1. The van der Waals surface area contributed by atoms with E-state index >= 15 is 0 Å². The van der Waals surface area contributed by atoms with Crippen molar-refractivity contribution >= 4 is 17.3 Å². The number of hydrogen-bond acceptors (Lipinski definition) is 5. The Kier molecular flexibility index (Phi) is 4.90. The molecular weight excluding hydrogens is 264 g/mol. The van der Waals surface area contributed by atoms with Crippen LogP contribution in [0.25, 0.3) is 0 Å². The van der Waals surface area contributed by atoms with Gasteiger partial charge in [-0.25, -0.2) is 4.79 Å². The highest BCUT2D eigenvalue weighted by molar-refractivity contribution is 5.82. The van der Waals surface area contributed by atoms with Crippen LogP contribution in [0.5, 0.6) is 5.75 Å². The van der Waals surface area contributed by atoms with Crippen LogP contribution in [0.4, 0.5) is 11.4 Å². The average Bonchev–Trinajstić information content (AvgIpc) is 2.38. The van der Waals surface area contributed by atoms with E-state index in [1.165, 1.54) is 19.1 Å². The molecule has 2 N–H and O–H groups in total. The average molecular weight is 282 g/mol. The fourth-order valence-corrected chi connectivity index (χ4v) is 1.62. The van der Waals surface area contributed by atoms with Crippen molar-refractivity contribution in [3.05, 3.63) is 28.3 Å². The van der Waals surface area contributed by atoms with Crippen molar-refractivity contribution < 1.29 is 19.6 Å². The smallest absolute Gasteiger partial charge is 0.329 e. The summed E-state index contributed by atoms with van der Waals surface area (Å²) < 4.78 is 5.25. The molecule has 0 aliphatic heterocycles. The maximum absolute atomic E-state index is 11.3. The summed E-state index contributed by atoms with van der Waals surface area (Å²) in [5, 5.41) is 22.9. The molecule has 0 aliphatic rings. The van der Waals surface area contributed by atoms with Gasteiger partial charge in [-0.05, 0) is 20.3 Å². The molecule has 0 saturated heterocycles. The summed E-state index contributed by atoms with van der Waals surface area (Å²) in [6.45, 7) is 5.38. The molecule has 1 atom stereocenters. The number of nitrogens with zero attached hydrogens (tertiary/aromatic N) is 1. The van der Waals surface area contributed by atoms with Crippen LogP contribution in [0.1, 0.15) is 27.2 Å². The van der Waals surface area contributed by atoms with E-state index in [9.17, 15) is 20.0 Å². The van der Waals surface area contributed by atoms with E-state index in [2.05, 4.69) is 5.32 Å². The lowest BCUT2D eigenvalue weighted by atomic mass is 9.98. The number of nitro groups is 1. The molecule has 0 fully saturated rings. The van der Waals surface area contributed by atoms with Crippen molar-refractivity contribution in [1.29, 1.82) is 0 Å². The Bertz CT molecular complexity index is 517. The number of anilines is 1. The van der Waals surface area contributed by atoms with Crippen LogP contribution in [-0.4, -0.2) is 28.1 Å². The maximum Gasteiger partial charge on any atom is 0.329 e. The van der Waals surface area contributed by atoms with E-state index in [-0.39, 0.29) is 5.69 Å². The lowest BCUT2D eigenvalue weighted by molar-refractivity contribution is -0.384. The largest absolute Gasteiger partial charge is 0.494 e. The van der Waals surface area contributed by atoms with Crippen molar-refractivity contribution in [1.82, 2.24) is 0 Å². The predicted octanol–water partition coefficient (Wildman–Crippen LogP) is 2.66. The van der Waals surface area contributed by atoms with Crippen LogP contribution in [0.2, 0.25) is 0 Å². The molecule has 0 aromatic heterocycles. The molecule has 0 aliphatic carbocycles. The second kappa shape index (κ2) is 6.23. The molecule has 0 spiro atoms. The molecule has 1 aromatic rings. The second-order valence-electron chi connectivity index (χ2n) is 4.52. The van der Waals surface area contributed by atoms with E-state index in [4.69, 9.17) is 4.74 Å². The van der Waals surface area contributed by atoms with Crippen LogP contribution in [0.15, 0.2) is 18.2 Å². The van der Waals surface area contributed by atoms with Crippen LogP contribution in [-0.2, 0) is 4.79 Å². The number of benzene rings is 1. The number of carbonyl (C=O) groups is 1. The van der Waals surface area contributed by atoms with Crippen molar-refractivity contribution in [2.45, 2.75) is 32.7 Å². The molecular formula is C13H18N2O5. The maximum atomic E-state index is 11.3. The number of carboxylic acid groups (broad SMARTS) is 1. The van der Waals surface area contributed by atoms with Gasteiger partial charge in [0.05, 0.1) is 17.6 Å². The lowest BCUT2D eigenvalue weighted by Crippen LogP contribution is -2.42. The molecule has 1 unspecified atom stereocenters. The number of rotatable bonds is 7. The summed E-state index contributed by atoms with van der Waals surface area (Å²) >= 11 is 0. The van der Waals surface area contributed by atoms with E-state index in [1.807, 2.05) is 0 Å². The zero-order valence-corrected chi connectivity index (χ0v) is 11.7. The molecule has 7 nitrogen and oxygen atoms in total. The number of ether oxygens (including phenoxy) is 1. The molecule has 110 valence electrons. The van der Waals surface area contributed by atoms with Crippen molar-refractivity contribution in [2.75, 3.05) is 11.9 Å². The molecule has 0 saturated carbocycles. The number of nitrogens with one attached hydrogen (secondary N) is 1. The van der Waals surface area contributed by atoms with E-state index in [1.54, 1.807) is 19.9 Å². The number of hydrogen-bond donors (Lipinski definition) is 2. The third kappa shape index (κ3) is 3.59. The fourth-order valence-electron chi connectivity index (χ4n) is 1.62. The number of non-ortho nitro benzene ring substituents is 1. The summed E-state index contributed by atoms with van der Waals surface area (Å²) in [6.07, 6.45) is 0.328. The van der Waals surface area contributed by atoms with Crippen LogP contribution < -0.4 is 10.1 Å². The van der Waals surface area contributed by atoms with Gasteiger partial charge >= 0.3 is 5.97 Å². The van der Waals surface area contributed by atoms with Gasteiger partial charge in [0.2, 0.25) is 0 Å². The predicted molar refractivity (Wildman–Crippen MR) is 74.2 cm³/mol. The summed E-state index contributed by atoms with van der Waals surface area (Å²) in [5.41, 5.74) is -1.00. The Morgan fingerprint density at radius 1 is 1.45 bits per heavy atom. The van der Waals surface area contributed by atoms with Gasteiger partial charge in [0.1, 0.15) is 11.3 Å². The Hall–Kier alpha value is -2.31. The fraction of sp³-hybridized carbons (Fsp3) is 0.462. The molecule has 0 amide bonds. The van der Waals surface area contributed by atoms with Crippen LogP contribution in [0, 0.1) is 10.1 Å². The Balaban J connectivity index is 3.16. The number of carboxylic acids is 1. The molecule has 0 heterocycles. The first-order valence-corrected chi connectivity index (χ1v) is 6.26. The monoisotopic (exact) mass is 282 g/mol. The summed E-state index contributed by atoms with van der Waals surface area (Å²) in [5.74, 6) is -0.697. The normalized spacial score (nSPS) is 13.3. The van der Waals surface area contributed by atoms with E-state index in [0.717, 1.165) is 0 Å².